The zero-order valence-corrected chi connectivity index (χ0v) is 8.78. The first-order valence-electron chi connectivity index (χ1n) is 4.50. The molecule has 1 N–H and O–H groups in total. The Labute approximate surface area is 86.7 Å². The molecule has 1 rings (SSSR count). The van der Waals surface area contributed by atoms with Gasteiger partial charge in [0.05, 0.1) is 13.0 Å². The van der Waals surface area contributed by atoms with Crippen LogP contribution in [0.3, 0.4) is 0 Å². The number of methoxy groups -OCH3 is 1. The number of carboxylic acids is 1. The molecule has 1 fully saturated rings. The Morgan fingerprint density at radius 3 is 2.33 bits per heavy atom. The quantitative estimate of drug-likeness (QED) is 0.571. The molecule has 84 valence electrons. The number of carbonyl (C=O) groups excluding carboxylic acids is 1. The molecule has 0 aromatic carbocycles. The fourth-order valence-corrected chi connectivity index (χ4v) is 1.78. The van der Waals surface area contributed by atoms with Crippen molar-refractivity contribution in [2.45, 2.75) is 13.8 Å². The highest BCUT2D eigenvalue weighted by Crippen LogP contribution is 2.59. The van der Waals surface area contributed by atoms with Crippen LogP contribution < -0.4 is 0 Å². The summed E-state index contributed by atoms with van der Waals surface area (Å²) >= 11 is 0. The van der Waals surface area contributed by atoms with E-state index in [0.29, 0.717) is 0 Å². The monoisotopic (exact) mass is 216 g/mol. The van der Waals surface area contributed by atoms with E-state index in [1.807, 2.05) is 0 Å². The number of ether oxygens (including phenoxy) is 1. The summed E-state index contributed by atoms with van der Waals surface area (Å²) < 4.78 is 17.2. The van der Waals surface area contributed by atoms with Gasteiger partial charge in [-0.3, -0.25) is 4.79 Å². The van der Waals surface area contributed by atoms with Crippen molar-refractivity contribution in [2.24, 2.45) is 17.3 Å². The van der Waals surface area contributed by atoms with Crippen molar-refractivity contribution in [1.29, 1.82) is 0 Å². The first kappa shape index (κ1) is 11.7. The van der Waals surface area contributed by atoms with Crippen LogP contribution in [0.4, 0.5) is 4.39 Å². The topological polar surface area (TPSA) is 63.6 Å². The summed E-state index contributed by atoms with van der Waals surface area (Å²) in [7, 11) is 1.07. The largest absolute Gasteiger partial charge is 0.481 e. The maximum absolute atomic E-state index is 13.1. The molecule has 0 saturated heterocycles. The summed E-state index contributed by atoms with van der Waals surface area (Å²) in [5.74, 6) is -4.15. The predicted molar refractivity (Wildman–Crippen MR) is 49.6 cm³/mol. The van der Waals surface area contributed by atoms with Gasteiger partial charge in [-0.2, -0.15) is 4.39 Å². The number of rotatable bonds is 3. The van der Waals surface area contributed by atoms with E-state index >= 15 is 0 Å². The Kier molecular flexibility index (Phi) is 2.83. The van der Waals surface area contributed by atoms with Gasteiger partial charge in [0.2, 0.25) is 5.83 Å². The number of esters is 1. The lowest BCUT2D eigenvalue weighted by Gasteiger charge is -1.97. The van der Waals surface area contributed by atoms with Crippen LogP contribution >= 0.6 is 0 Å². The molecule has 0 aliphatic heterocycles. The van der Waals surface area contributed by atoms with Gasteiger partial charge in [0, 0.05) is 0 Å². The number of hydrogen-bond acceptors (Lipinski definition) is 3. The Morgan fingerprint density at radius 2 is 2.00 bits per heavy atom. The number of aliphatic carboxylic acids is 1. The van der Waals surface area contributed by atoms with Crippen LogP contribution in [0, 0.1) is 17.3 Å². The second kappa shape index (κ2) is 3.64. The van der Waals surface area contributed by atoms with Gasteiger partial charge in [-0.05, 0) is 17.4 Å². The van der Waals surface area contributed by atoms with Gasteiger partial charge in [0.1, 0.15) is 0 Å². The Morgan fingerprint density at radius 1 is 1.47 bits per heavy atom. The average Bonchev–Trinajstić information content (AvgIpc) is 2.66. The van der Waals surface area contributed by atoms with Crippen LogP contribution in [-0.2, 0) is 14.3 Å². The molecule has 1 aliphatic rings. The molecule has 4 nitrogen and oxygen atoms in total. The molecule has 15 heavy (non-hydrogen) atoms. The van der Waals surface area contributed by atoms with Crippen molar-refractivity contribution >= 4 is 11.9 Å². The maximum Gasteiger partial charge on any atom is 0.366 e. The number of carboxylic acid groups (broad SMARTS) is 1. The van der Waals surface area contributed by atoms with Crippen molar-refractivity contribution in [3.05, 3.63) is 11.9 Å². The fraction of sp³-hybridized carbons (Fsp3) is 0.600. The smallest absolute Gasteiger partial charge is 0.366 e. The molecule has 0 bridgehead atoms. The highest BCUT2D eigenvalue weighted by Gasteiger charge is 2.61. The number of carbonyl (C=O) groups is 2. The molecule has 0 spiro atoms. The molecule has 0 radical (unpaired) electrons. The average molecular weight is 216 g/mol. The lowest BCUT2D eigenvalue weighted by molar-refractivity contribution is -0.140. The van der Waals surface area contributed by atoms with E-state index in [2.05, 4.69) is 4.74 Å². The van der Waals surface area contributed by atoms with Crippen LogP contribution in [0.25, 0.3) is 0 Å². The highest BCUT2D eigenvalue weighted by atomic mass is 19.1. The van der Waals surface area contributed by atoms with Gasteiger partial charge >= 0.3 is 11.9 Å². The van der Waals surface area contributed by atoms with E-state index in [4.69, 9.17) is 5.11 Å². The summed E-state index contributed by atoms with van der Waals surface area (Å²) in [6.07, 6.45) is 1.03. The van der Waals surface area contributed by atoms with E-state index in [-0.39, 0.29) is 0 Å². The Balaban J connectivity index is 2.78. The van der Waals surface area contributed by atoms with Crippen molar-refractivity contribution in [1.82, 2.24) is 0 Å². The molecule has 1 saturated carbocycles. The van der Waals surface area contributed by atoms with Gasteiger partial charge in [0.15, 0.2) is 0 Å². The fourth-order valence-electron chi connectivity index (χ4n) is 1.78. The number of hydrogen-bond donors (Lipinski definition) is 1. The van der Waals surface area contributed by atoms with Gasteiger partial charge in [-0.15, -0.1) is 0 Å². The SMILES string of the molecule is COC(=O)/C(F)=C\[C@@H]1[C@@H](C(=O)O)C1(C)C. The lowest BCUT2D eigenvalue weighted by atomic mass is 10.1. The Bertz CT molecular complexity index is 332. The second-order valence-electron chi connectivity index (χ2n) is 4.17. The normalized spacial score (nSPS) is 28.4. The van der Waals surface area contributed by atoms with Crippen LogP contribution in [-0.4, -0.2) is 24.2 Å². The molecule has 5 heteroatoms. The van der Waals surface area contributed by atoms with Gasteiger partial charge in [-0.1, -0.05) is 13.8 Å². The molecular weight excluding hydrogens is 203 g/mol. The van der Waals surface area contributed by atoms with Crippen molar-refractivity contribution in [2.75, 3.05) is 7.11 Å². The molecule has 2 atom stereocenters. The minimum absolute atomic E-state index is 0.450. The van der Waals surface area contributed by atoms with Crippen molar-refractivity contribution in [3.8, 4) is 0 Å². The second-order valence-corrected chi connectivity index (χ2v) is 4.17. The first-order chi connectivity index (χ1) is 6.82. The zero-order valence-electron chi connectivity index (χ0n) is 8.78. The molecule has 0 amide bonds. The van der Waals surface area contributed by atoms with Crippen molar-refractivity contribution in [3.63, 3.8) is 0 Å². The summed E-state index contributed by atoms with van der Waals surface area (Å²) in [6, 6.07) is 0. The van der Waals surface area contributed by atoms with Crippen molar-refractivity contribution < 1.29 is 23.8 Å². The Hall–Kier alpha value is -1.39. The molecule has 0 heterocycles. The van der Waals surface area contributed by atoms with E-state index in [1.165, 1.54) is 0 Å². The minimum Gasteiger partial charge on any atom is -0.481 e. The third kappa shape index (κ3) is 2.00. The summed E-state index contributed by atoms with van der Waals surface area (Å²) in [4.78, 5) is 21.5. The third-order valence-electron chi connectivity index (χ3n) is 2.88. The zero-order chi connectivity index (χ0) is 11.8. The first-order valence-corrected chi connectivity index (χ1v) is 4.50. The van der Waals surface area contributed by atoms with Gasteiger partial charge in [-0.25, -0.2) is 4.79 Å². The minimum atomic E-state index is -1.07. The predicted octanol–water partition coefficient (Wildman–Crippen LogP) is 1.37. The van der Waals surface area contributed by atoms with Crippen LogP contribution in [0.1, 0.15) is 13.8 Å². The maximum atomic E-state index is 13.1. The van der Waals surface area contributed by atoms with E-state index in [0.717, 1.165) is 13.2 Å². The molecule has 1 aliphatic carbocycles. The number of halogens is 1. The number of allylic oxidation sites excluding steroid dienone is 1. The molecule has 0 aromatic rings. The summed E-state index contributed by atoms with van der Waals surface area (Å²) in [6.45, 7) is 3.44. The third-order valence-corrected chi connectivity index (χ3v) is 2.88. The van der Waals surface area contributed by atoms with E-state index < -0.39 is 35.0 Å². The van der Waals surface area contributed by atoms with Crippen LogP contribution in [0.15, 0.2) is 11.9 Å². The van der Waals surface area contributed by atoms with Gasteiger partial charge < -0.3 is 9.84 Å². The van der Waals surface area contributed by atoms with E-state index in [1.54, 1.807) is 13.8 Å². The molecule has 0 unspecified atom stereocenters. The van der Waals surface area contributed by atoms with E-state index in [9.17, 15) is 14.0 Å². The van der Waals surface area contributed by atoms with Gasteiger partial charge in [0.25, 0.3) is 0 Å². The summed E-state index contributed by atoms with van der Waals surface area (Å²) in [5, 5.41) is 8.80. The van der Waals surface area contributed by atoms with Crippen LogP contribution in [0.5, 0.6) is 0 Å². The molecular formula is C10H13FO4. The summed E-state index contributed by atoms with van der Waals surface area (Å²) in [5.41, 5.74) is -0.503. The highest BCUT2D eigenvalue weighted by molar-refractivity contribution is 5.86. The van der Waals surface area contributed by atoms with Crippen LogP contribution in [0.2, 0.25) is 0 Å². The standard InChI is InChI=1S/C10H13FO4/c1-10(2)5(7(10)8(12)13)4-6(11)9(14)15-3/h4-5,7H,1-3H3,(H,12,13)/b6-4+/t5-,7+/m1/s1. The molecule has 0 aromatic heterocycles. The lowest BCUT2D eigenvalue weighted by Crippen LogP contribution is -2.03.